The van der Waals surface area contributed by atoms with Crippen LogP contribution in [0.3, 0.4) is 0 Å². The average Bonchev–Trinajstić information content (AvgIpc) is 3.56. The molecule has 1 N–H and O–H groups in total. The van der Waals surface area contributed by atoms with Crippen LogP contribution in [0, 0.1) is 11.3 Å². The summed E-state index contributed by atoms with van der Waals surface area (Å²) in [5.74, 6) is 1.11. The average molecular weight is 637 g/mol. The van der Waals surface area contributed by atoms with E-state index in [1.807, 2.05) is 35.9 Å². The van der Waals surface area contributed by atoms with Crippen molar-refractivity contribution in [2.45, 2.75) is 57.7 Å². The fourth-order valence-electron chi connectivity index (χ4n) is 8.05. The van der Waals surface area contributed by atoms with Crippen molar-refractivity contribution in [2.24, 2.45) is 18.4 Å². The Hall–Kier alpha value is -3.74. The van der Waals surface area contributed by atoms with Gasteiger partial charge in [-0.2, -0.15) is 0 Å². The van der Waals surface area contributed by atoms with Crippen molar-refractivity contribution < 1.29 is 28.2 Å². The van der Waals surface area contributed by atoms with Gasteiger partial charge in [0.1, 0.15) is 12.2 Å². The fourth-order valence-corrected chi connectivity index (χ4v) is 8.05. The Balaban J connectivity index is 0.00000119. The van der Waals surface area contributed by atoms with Gasteiger partial charge in [-0.1, -0.05) is 26.0 Å². The molecule has 46 heavy (non-hydrogen) atoms. The van der Waals surface area contributed by atoms with Crippen LogP contribution in [-0.2, 0) is 35.1 Å². The number of ether oxygens (including phenoxy) is 1. The number of aryl methyl sites for hydroxylation is 1. The standard InChI is InChI=1S/C33H40F2N6O2.CH2O2/c1-21(2)28-15-38(3)8-9-40(28)13-22-10-25(29(34)35)27-14-41(30(42)26(27)11-22)24-7-5-6-23(12-24)33(31-37-36-20-39(31)4)16-32(17-33)18-43-19-32;2-1-3/h5-7,10-12,20-21,28-29H,8-9,13-19H2,1-4H3;1H,(H,2,3). The van der Waals surface area contributed by atoms with Gasteiger partial charge in [0.2, 0.25) is 0 Å². The quantitative estimate of drug-likeness (QED) is 0.379. The van der Waals surface area contributed by atoms with E-state index in [9.17, 15) is 13.6 Å². The van der Waals surface area contributed by atoms with Gasteiger partial charge in [0.15, 0.2) is 0 Å². The van der Waals surface area contributed by atoms with Gasteiger partial charge < -0.3 is 24.2 Å². The predicted molar refractivity (Wildman–Crippen MR) is 168 cm³/mol. The van der Waals surface area contributed by atoms with Crippen LogP contribution < -0.4 is 4.90 Å². The molecular formula is C34H42F2N6O4. The highest BCUT2D eigenvalue weighted by Gasteiger charge is 2.61. The van der Waals surface area contributed by atoms with Crippen LogP contribution in [0.1, 0.15) is 71.6 Å². The molecule has 4 heterocycles. The number of nitrogens with zero attached hydrogens (tertiary/aromatic N) is 6. The Kier molecular flexibility index (Phi) is 8.73. The molecule has 1 spiro atoms. The monoisotopic (exact) mass is 636 g/mol. The molecule has 1 saturated carbocycles. The number of amides is 1. The zero-order chi connectivity index (χ0) is 32.8. The van der Waals surface area contributed by atoms with Crippen LogP contribution >= 0.6 is 0 Å². The Morgan fingerprint density at radius 3 is 2.48 bits per heavy atom. The zero-order valence-corrected chi connectivity index (χ0v) is 26.8. The number of carbonyl (C=O) groups excluding carboxylic acids is 1. The number of alkyl halides is 2. The molecule has 246 valence electrons. The van der Waals surface area contributed by atoms with Crippen molar-refractivity contribution in [2.75, 3.05) is 44.8 Å². The third kappa shape index (κ3) is 5.60. The van der Waals surface area contributed by atoms with E-state index >= 15 is 0 Å². The number of carboxylic acid groups (broad SMARTS) is 1. The van der Waals surface area contributed by atoms with Gasteiger partial charge >= 0.3 is 0 Å². The van der Waals surface area contributed by atoms with E-state index < -0.39 is 6.43 Å². The fraction of sp³-hybridized carbons (Fsp3) is 0.529. The van der Waals surface area contributed by atoms with Gasteiger partial charge in [-0.15, -0.1) is 10.2 Å². The third-order valence-electron chi connectivity index (χ3n) is 10.3. The third-order valence-corrected chi connectivity index (χ3v) is 10.3. The van der Waals surface area contributed by atoms with E-state index in [1.165, 1.54) is 0 Å². The highest BCUT2D eigenvalue weighted by Crippen LogP contribution is 2.61. The maximum absolute atomic E-state index is 14.5. The summed E-state index contributed by atoms with van der Waals surface area (Å²) >= 11 is 0. The number of carbonyl (C=O) groups is 2. The number of rotatable bonds is 7. The lowest BCUT2D eigenvalue weighted by Gasteiger charge is -2.59. The minimum absolute atomic E-state index is 0.0313. The highest BCUT2D eigenvalue weighted by molar-refractivity contribution is 6.10. The second-order valence-electron chi connectivity index (χ2n) is 13.8. The summed E-state index contributed by atoms with van der Waals surface area (Å²) in [6, 6.07) is 11.8. The summed E-state index contributed by atoms with van der Waals surface area (Å²) in [5, 5.41) is 15.5. The van der Waals surface area contributed by atoms with Gasteiger partial charge in [-0.25, -0.2) is 8.78 Å². The van der Waals surface area contributed by atoms with Gasteiger partial charge in [0.05, 0.1) is 25.2 Å². The predicted octanol–water partition coefficient (Wildman–Crippen LogP) is 4.48. The minimum atomic E-state index is -2.66. The van der Waals surface area contributed by atoms with Crippen molar-refractivity contribution >= 4 is 18.1 Å². The van der Waals surface area contributed by atoms with Crippen molar-refractivity contribution in [3.8, 4) is 0 Å². The molecule has 2 saturated heterocycles. The largest absolute Gasteiger partial charge is 0.483 e. The van der Waals surface area contributed by atoms with E-state index in [1.54, 1.807) is 17.3 Å². The zero-order valence-electron chi connectivity index (χ0n) is 26.8. The normalized spacial score (nSPS) is 22.0. The lowest BCUT2D eigenvalue weighted by atomic mass is 9.49. The van der Waals surface area contributed by atoms with Crippen LogP contribution in [0.4, 0.5) is 14.5 Å². The first-order valence-corrected chi connectivity index (χ1v) is 15.8. The molecule has 2 aromatic carbocycles. The minimum Gasteiger partial charge on any atom is -0.483 e. The highest BCUT2D eigenvalue weighted by atomic mass is 19.3. The van der Waals surface area contributed by atoms with E-state index in [4.69, 9.17) is 14.6 Å². The summed E-state index contributed by atoms with van der Waals surface area (Å²) in [6.07, 6.45) is 0.856. The summed E-state index contributed by atoms with van der Waals surface area (Å²) in [7, 11) is 4.08. The van der Waals surface area contributed by atoms with E-state index in [-0.39, 0.29) is 35.3 Å². The lowest BCUT2D eigenvalue weighted by Crippen LogP contribution is -2.60. The Morgan fingerprint density at radius 1 is 1.13 bits per heavy atom. The maximum atomic E-state index is 14.5. The molecule has 1 aliphatic carbocycles. The van der Waals surface area contributed by atoms with E-state index in [0.717, 1.165) is 62.6 Å². The van der Waals surface area contributed by atoms with Gasteiger partial charge in [-0.05, 0) is 66.8 Å². The molecule has 3 fully saturated rings. The summed E-state index contributed by atoms with van der Waals surface area (Å²) < 4.78 is 36.5. The molecule has 3 aromatic rings. The number of anilines is 1. The van der Waals surface area contributed by atoms with E-state index in [2.05, 4.69) is 47.0 Å². The van der Waals surface area contributed by atoms with Crippen molar-refractivity contribution in [1.29, 1.82) is 0 Å². The van der Waals surface area contributed by atoms with Gasteiger partial charge in [-0.3, -0.25) is 14.5 Å². The first-order valence-electron chi connectivity index (χ1n) is 15.8. The Morgan fingerprint density at radius 2 is 1.87 bits per heavy atom. The number of likely N-dealkylation sites (N-methyl/N-ethyl adjacent to an activating group) is 1. The molecule has 7 rings (SSSR count). The van der Waals surface area contributed by atoms with E-state index in [0.29, 0.717) is 35.3 Å². The number of hydrogen-bond acceptors (Lipinski definition) is 7. The first kappa shape index (κ1) is 32.2. The Bertz CT molecular complexity index is 1600. The smallest absolute Gasteiger partial charge is 0.290 e. The summed E-state index contributed by atoms with van der Waals surface area (Å²) in [5.41, 5.74) is 3.17. The molecule has 1 unspecified atom stereocenters. The van der Waals surface area contributed by atoms with Crippen LogP contribution in [0.5, 0.6) is 0 Å². The molecule has 1 atom stereocenters. The number of fused-ring (bicyclic) bond motifs is 1. The van der Waals surface area contributed by atoms with Gasteiger partial charge in [0.25, 0.3) is 18.8 Å². The molecule has 10 nitrogen and oxygen atoms in total. The molecule has 12 heteroatoms. The molecule has 1 aromatic heterocycles. The molecule has 0 radical (unpaired) electrons. The first-order chi connectivity index (χ1) is 22.0. The SMILES string of the molecule is CC(C)C1CN(C)CCN1Cc1cc2c(c(C(F)F)c1)CN(c1cccc(C3(c4nncn4C)CC4(COC4)C3)c1)C2=O.O=CO. The number of aromatic nitrogens is 3. The van der Waals surface area contributed by atoms with Crippen molar-refractivity contribution in [3.05, 3.63) is 76.4 Å². The molecular weight excluding hydrogens is 594 g/mol. The second kappa shape index (κ2) is 12.5. The molecule has 4 aliphatic rings. The summed E-state index contributed by atoms with van der Waals surface area (Å²) in [6.45, 7) is 9.09. The maximum Gasteiger partial charge on any atom is 0.290 e. The van der Waals surface area contributed by atoms with Crippen LogP contribution in [0.25, 0.3) is 0 Å². The van der Waals surface area contributed by atoms with Crippen LogP contribution in [0.15, 0.2) is 42.7 Å². The van der Waals surface area contributed by atoms with Crippen LogP contribution in [0.2, 0.25) is 0 Å². The second-order valence-corrected chi connectivity index (χ2v) is 13.8. The molecule has 0 bridgehead atoms. The van der Waals surface area contributed by atoms with Crippen molar-refractivity contribution in [1.82, 2.24) is 24.6 Å². The van der Waals surface area contributed by atoms with Crippen LogP contribution in [-0.4, -0.2) is 88.0 Å². The Labute approximate surface area is 267 Å². The number of halogens is 2. The van der Waals surface area contributed by atoms with Gasteiger partial charge in [0, 0.05) is 61.5 Å². The topological polar surface area (TPSA) is 104 Å². The molecule has 3 aliphatic heterocycles. The number of benzene rings is 2. The summed E-state index contributed by atoms with van der Waals surface area (Å²) in [4.78, 5) is 28.7. The van der Waals surface area contributed by atoms with Crippen molar-refractivity contribution in [3.63, 3.8) is 0 Å². The lowest BCUT2D eigenvalue weighted by molar-refractivity contribution is -0.182. The number of piperazine rings is 1. The molecule has 1 amide bonds. The number of hydrogen-bond donors (Lipinski definition) is 1.